The van der Waals surface area contributed by atoms with Gasteiger partial charge in [-0.25, -0.2) is 0 Å². The summed E-state index contributed by atoms with van der Waals surface area (Å²) in [6.07, 6.45) is 1.48. The van der Waals surface area contributed by atoms with E-state index in [1.807, 2.05) is 19.2 Å². The Labute approximate surface area is 99.2 Å². The van der Waals surface area contributed by atoms with Crippen LogP contribution in [0.5, 0.6) is 0 Å². The third kappa shape index (κ3) is 4.14. The highest BCUT2D eigenvalue weighted by atomic mass is 79.9. The van der Waals surface area contributed by atoms with Gasteiger partial charge in [-0.15, -0.1) is 0 Å². The van der Waals surface area contributed by atoms with Crippen LogP contribution >= 0.6 is 15.9 Å². The Morgan fingerprint density at radius 2 is 2.00 bits per heavy atom. The number of nitrogens with one attached hydrogen (secondary N) is 1. The minimum atomic E-state index is 0.243. The topological polar surface area (TPSA) is 29.1 Å². The van der Waals surface area contributed by atoms with E-state index >= 15 is 0 Å². The molecule has 0 saturated heterocycles. The molecule has 3 heteroatoms. The Morgan fingerprint density at radius 1 is 1.40 bits per heavy atom. The summed E-state index contributed by atoms with van der Waals surface area (Å²) in [5, 5.41) is 3.23. The second-order valence-electron chi connectivity index (χ2n) is 3.63. The van der Waals surface area contributed by atoms with Crippen LogP contribution in [-0.4, -0.2) is 12.8 Å². The van der Waals surface area contributed by atoms with Crippen molar-refractivity contribution in [1.29, 1.82) is 0 Å². The molecule has 1 aromatic carbocycles. The fourth-order valence-electron chi connectivity index (χ4n) is 1.52. The maximum Gasteiger partial charge on any atom is 0.129 e. The molecule has 82 valence electrons. The van der Waals surface area contributed by atoms with Crippen molar-refractivity contribution in [3.05, 3.63) is 34.3 Å². The monoisotopic (exact) mass is 269 g/mol. The van der Waals surface area contributed by atoms with E-state index in [2.05, 4.69) is 33.4 Å². The smallest absolute Gasteiger partial charge is 0.129 e. The summed E-state index contributed by atoms with van der Waals surface area (Å²) < 4.78 is 1.08. The van der Waals surface area contributed by atoms with Crippen molar-refractivity contribution >= 4 is 21.7 Å². The highest BCUT2D eigenvalue weighted by Crippen LogP contribution is 2.20. The fourth-order valence-corrected chi connectivity index (χ4v) is 1.78. The number of halogens is 1. The van der Waals surface area contributed by atoms with Crippen LogP contribution in [0.1, 0.15) is 31.4 Å². The van der Waals surface area contributed by atoms with Crippen LogP contribution < -0.4 is 5.32 Å². The Morgan fingerprint density at radius 3 is 2.47 bits per heavy atom. The Kier molecular flexibility index (Phi) is 4.99. The molecular formula is C12H16BrNO. The molecule has 0 aliphatic heterocycles. The SMILES string of the molecule is CNC(CCC(C)=O)c1ccc(Br)cc1. The molecule has 15 heavy (non-hydrogen) atoms. The average molecular weight is 270 g/mol. The molecule has 0 aliphatic rings. The first-order chi connectivity index (χ1) is 7.13. The van der Waals surface area contributed by atoms with Crippen LogP contribution in [0.25, 0.3) is 0 Å². The van der Waals surface area contributed by atoms with Crippen LogP contribution in [0.3, 0.4) is 0 Å². The Bertz CT molecular complexity index is 321. The minimum absolute atomic E-state index is 0.243. The molecule has 0 radical (unpaired) electrons. The molecule has 0 aliphatic carbocycles. The zero-order valence-electron chi connectivity index (χ0n) is 9.09. The number of ketones is 1. The summed E-state index contributed by atoms with van der Waals surface area (Å²) in [6, 6.07) is 8.46. The van der Waals surface area contributed by atoms with E-state index in [0.717, 1.165) is 10.9 Å². The van der Waals surface area contributed by atoms with E-state index in [-0.39, 0.29) is 11.8 Å². The van der Waals surface area contributed by atoms with Gasteiger partial charge in [-0.1, -0.05) is 28.1 Å². The van der Waals surface area contributed by atoms with Crippen molar-refractivity contribution in [2.24, 2.45) is 0 Å². The normalized spacial score (nSPS) is 12.5. The Hall–Kier alpha value is -0.670. The summed E-state index contributed by atoms with van der Waals surface area (Å²) in [6.45, 7) is 1.63. The number of carbonyl (C=O) groups is 1. The first-order valence-corrected chi connectivity index (χ1v) is 5.85. The van der Waals surface area contributed by atoms with E-state index in [1.54, 1.807) is 6.92 Å². The minimum Gasteiger partial charge on any atom is -0.313 e. The van der Waals surface area contributed by atoms with Crippen LogP contribution in [0.4, 0.5) is 0 Å². The highest BCUT2D eigenvalue weighted by molar-refractivity contribution is 9.10. The molecule has 1 N–H and O–H groups in total. The van der Waals surface area contributed by atoms with Crippen LogP contribution in [0.2, 0.25) is 0 Å². The van der Waals surface area contributed by atoms with Gasteiger partial charge in [0.15, 0.2) is 0 Å². The number of hydrogen-bond acceptors (Lipinski definition) is 2. The summed E-state index contributed by atoms with van der Waals surface area (Å²) in [4.78, 5) is 10.9. The van der Waals surface area contributed by atoms with Gasteiger partial charge < -0.3 is 10.1 Å². The van der Waals surface area contributed by atoms with Gasteiger partial charge in [0.1, 0.15) is 5.78 Å². The lowest BCUT2D eigenvalue weighted by atomic mass is 10.0. The zero-order chi connectivity index (χ0) is 11.3. The average Bonchev–Trinajstić information content (AvgIpc) is 2.21. The van der Waals surface area contributed by atoms with E-state index in [1.165, 1.54) is 5.56 Å². The van der Waals surface area contributed by atoms with Crippen LogP contribution in [-0.2, 0) is 4.79 Å². The maximum absolute atomic E-state index is 10.9. The van der Waals surface area contributed by atoms with Crippen molar-refractivity contribution in [3.63, 3.8) is 0 Å². The van der Waals surface area contributed by atoms with Gasteiger partial charge in [-0.3, -0.25) is 0 Å². The van der Waals surface area contributed by atoms with Crippen molar-refractivity contribution in [3.8, 4) is 0 Å². The molecule has 0 heterocycles. The molecule has 0 spiro atoms. The van der Waals surface area contributed by atoms with Crippen LogP contribution in [0.15, 0.2) is 28.7 Å². The molecule has 0 bridgehead atoms. The Balaban J connectivity index is 2.65. The van der Waals surface area contributed by atoms with Gasteiger partial charge in [-0.2, -0.15) is 0 Å². The van der Waals surface area contributed by atoms with Gasteiger partial charge in [0.2, 0.25) is 0 Å². The van der Waals surface area contributed by atoms with E-state index in [9.17, 15) is 4.79 Å². The third-order valence-corrected chi connectivity index (χ3v) is 2.93. The van der Waals surface area contributed by atoms with Gasteiger partial charge in [0, 0.05) is 16.9 Å². The molecule has 0 saturated carbocycles. The summed E-state index contributed by atoms with van der Waals surface area (Å²) in [7, 11) is 1.92. The van der Waals surface area contributed by atoms with Gasteiger partial charge in [0.05, 0.1) is 0 Å². The number of benzene rings is 1. The molecule has 0 amide bonds. The first kappa shape index (κ1) is 12.4. The molecule has 0 aromatic heterocycles. The molecule has 1 unspecified atom stereocenters. The van der Waals surface area contributed by atoms with E-state index in [4.69, 9.17) is 0 Å². The summed E-state index contributed by atoms with van der Waals surface area (Å²) >= 11 is 3.40. The van der Waals surface area contributed by atoms with Crippen molar-refractivity contribution in [1.82, 2.24) is 5.32 Å². The van der Waals surface area contributed by atoms with Gasteiger partial charge in [-0.05, 0) is 38.1 Å². The van der Waals surface area contributed by atoms with Gasteiger partial charge >= 0.3 is 0 Å². The second-order valence-corrected chi connectivity index (χ2v) is 4.55. The third-order valence-electron chi connectivity index (χ3n) is 2.41. The zero-order valence-corrected chi connectivity index (χ0v) is 10.7. The fraction of sp³-hybridized carbons (Fsp3) is 0.417. The van der Waals surface area contributed by atoms with Crippen molar-refractivity contribution in [2.45, 2.75) is 25.8 Å². The number of carbonyl (C=O) groups excluding carboxylic acids is 1. The van der Waals surface area contributed by atoms with E-state index < -0.39 is 0 Å². The lowest BCUT2D eigenvalue weighted by Gasteiger charge is -2.15. The lowest BCUT2D eigenvalue weighted by molar-refractivity contribution is -0.117. The maximum atomic E-state index is 10.9. The molecule has 0 fully saturated rings. The second kappa shape index (κ2) is 6.03. The van der Waals surface area contributed by atoms with Crippen LogP contribution in [0, 0.1) is 0 Å². The molecule has 1 aromatic rings. The highest BCUT2D eigenvalue weighted by Gasteiger charge is 2.09. The summed E-state index contributed by atoms with van der Waals surface area (Å²) in [5.41, 5.74) is 1.22. The lowest BCUT2D eigenvalue weighted by Crippen LogP contribution is -2.17. The van der Waals surface area contributed by atoms with Crippen molar-refractivity contribution in [2.75, 3.05) is 7.05 Å². The molecule has 1 rings (SSSR count). The predicted molar refractivity (Wildman–Crippen MR) is 65.9 cm³/mol. The summed E-state index contributed by atoms with van der Waals surface area (Å²) in [5.74, 6) is 0.243. The first-order valence-electron chi connectivity index (χ1n) is 5.05. The number of hydrogen-bond donors (Lipinski definition) is 1. The quantitative estimate of drug-likeness (QED) is 0.890. The van der Waals surface area contributed by atoms with E-state index in [0.29, 0.717) is 6.42 Å². The van der Waals surface area contributed by atoms with Gasteiger partial charge in [0.25, 0.3) is 0 Å². The molecule has 2 nitrogen and oxygen atoms in total. The standard InChI is InChI=1S/C12H16BrNO/c1-9(15)3-8-12(14-2)10-4-6-11(13)7-5-10/h4-7,12,14H,3,8H2,1-2H3. The largest absolute Gasteiger partial charge is 0.313 e. The molecule has 1 atom stereocenters. The number of rotatable bonds is 5. The van der Waals surface area contributed by atoms with Crippen molar-refractivity contribution < 1.29 is 4.79 Å². The molecular weight excluding hydrogens is 254 g/mol. The predicted octanol–water partition coefficient (Wildman–Crippen LogP) is 3.08. The number of Topliss-reactive ketones (excluding diaryl/α,β-unsaturated/α-hetero) is 1.